The van der Waals surface area contributed by atoms with Gasteiger partial charge in [-0.05, 0) is 43.9 Å². The molecule has 27 heavy (non-hydrogen) atoms. The average Bonchev–Trinajstić information content (AvgIpc) is 3.12. The summed E-state index contributed by atoms with van der Waals surface area (Å²) >= 11 is 0. The minimum atomic E-state index is 0.0471. The fourth-order valence-corrected chi connectivity index (χ4v) is 4.07. The molecular formula is C21H28N4O2. The maximum Gasteiger partial charge on any atom is 0.270 e. The number of piperazine rings is 1. The van der Waals surface area contributed by atoms with Gasteiger partial charge in [0.05, 0.1) is 6.54 Å². The first-order chi connectivity index (χ1) is 13.1. The zero-order valence-electron chi connectivity index (χ0n) is 16.0. The van der Waals surface area contributed by atoms with E-state index in [0.717, 1.165) is 49.9 Å². The summed E-state index contributed by atoms with van der Waals surface area (Å²) in [5.41, 5.74) is 2.83. The van der Waals surface area contributed by atoms with E-state index in [-0.39, 0.29) is 11.8 Å². The van der Waals surface area contributed by atoms with Crippen LogP contribution in [0.2, 0.25) is 0 Å². The molecule has 2 fully saturated rings. The van der Waals surface area contributed by atoms with Gasteiger partial charge in [0.25, 0.3) is 5.91 Å². The number of aromatic nitrogens is 1. The van der Waals surface area contributed by atoms with E-state index in [9.17, 15) is 9.59 Å². The number of amides is 2. The number of carbonyl (C=O) groups excluding carboxylic acids is 2. The molecule has 6 heteroatoms. The highest BCUT2D eigenvalue weighted by molar-refractivity contribution is 5.98. The second-order valence-electron chi connectivity index (χ2n) is 7.78. The lowest BCUT2D eigenvalue weighted by atomic mass is 10.1. The van der Waals surface area contributed by atoms with Crippen LogP contribution in [-0.4, -0.2) is 77.3 Å². The van der Waals surface area contributed by atoms with E-state index in [1.807, 2.05) is 28.9 Å². The van der Waals surface area contributed by atoms with Crippen LogP contribution in [0, 0.1) is 6.92 Å². The molecule has 1 N–H and O–H groups in total. The smallest absolute Gasteiger partial charge is 0.270 e. The zero-order chi connectivity index (χ0) is 18.8. The predicted octanol–water partition coefficient (Wildman–Crippen LogP) is 2.25. The Morgan fingerprint density at radius 3 is 2.41 bits per heavy atom. The van der Waals surface area contributed by atoms with Gasteiger partial charge in [0.1, 0.15) is 5.69 Å². The van der Waals surface area contributed by atoms with Crippen molar-refractivity contribution in [2.24, 2.45) is 0 Å². The van der Waals surface area contributed by atoms with Gasteiger partial charge in [-0.2, -0.15) is 0 Å². The van der Waals surface area contributed by atoms with Crippen molar-refractivity contribution >= 4 is 22.7 Å². The second kappa shape index (κ2) is 7.72. The average molecular weight is 368 g/mol. The topological polar surface area (TPSA) is 59.7 Å². The van der Waals surface area contributed by atoms with Crippen molar-refractivity contribution in [1.29, 1.82) is 0 Å². The molecule has 144 valence electrons. The summed E-state index contributed by atoms with van der Waals surface area (Å²) in [6.45, 7) is 7.17. The molecule has 0 atom stereocenters. The normalized spacial score (nSPS) is 18.9. The fraction of sp³-hybridized carbons (Fsp3) is 0.524. The third kappa shape index (κ3) is 4.00. The lowest BCUT2D eigenvalue weighted by Crippen LogP contribution is -2.52. The molecular weight excluding hydrogens is 340 g/mol. The van der Waals surface area contributed by atoms with Crippen molar-refractivity contribution in [1.82, 2.24) is 19.7 Å². The van der Waals surface area contributed by atoms with Crippen LogP contribution in [0.25, 0.3) is 10.9 Å². The molecule has 0 aliphatic carbocycles. The second-order valence-corrected chi connectivity index (χ2v) is 7.78. The molecule has 0 saturated carbocycles. The standard InChI is InChI=1S/C21H28N4O2/c1-16-5-6-17-14-19(22-18(17)13-16)21(27)25-11-9-23(10-12-25)15-20(26)24-7-3-2-4-8-24/h5-6,13-14,22H,2-4,7-12,15H2,1H3. The van der Waals surface area contributed by atoms with E-state index in [0.29, 0.717) is 25.3 Å². The minimum Gasteiger partial charge on any atom is -0.351 e. The number of hydrogen-bond donors (Lipinski definition) is 1. The zero-order valence-corrected chi connectivity index (χ0v) is 16.0. The Balaban J connectivity index is 1.32. The van der Waals surface area contributed by atoms with Crippen LogP contribution in [-0.2, 0) is 4.79 Å². The van der Waals surface area contributed by atoms with Gasteiger partial charge < -0.3 is 14.8 Å². The van der Waals surface area contributed by atoms with Crippen molar-refractivity contribution in [3.05, 3.63) is 35.5 Å². The molecule has 1 aromatic heterocycles. The third-order valence-corrected chi connectivity index (χ3v) is 5.74. The monoisotopic (exact) mass is 368 g/mol. The lowest BCUT2D eigenvalue weighted by Gasteiger charge is -2.35. The minimum absolute atomic E-state index is 0.0471. The highest BCUT2D eigenvalue weighted by Gasteiger charge is 2.26. The summed E-state index contributed by atoms with van der Waals surface area (Å²) in [7, 11) is 0. The number of piperidine rings is 1. The maximum atomic E-state index is 12.8. The number of aromatic amines is 1. The molecule has 4 rings (SSSR count). The number of carbonyl (C=O) groups is 2. The van der Waals surface area contributed by atoms with Crippen molar-refractivity contribution < 1.29 is 9.59 Å². The Bertz CT molecular complexity index is 830. The van der Waals surface area contributed by atoms with Gasteiger partial charge >= 0.3 is 0 Å². The van der Waals surface area contributed by atoms with Crippen LogP contribution >= 0.6 is 0 Å². The summed E-state index contributed by atoms with van der Waals surface area (Å²) in [4.78, 5) is 34.6. The highest BCUT2D eigenvalue weighted by atomic mass is 16.2. The van der Waals surface area contributed by atoms with Gasteiger partial charge in [-0.15, -0.1) is 0 Å². The summed E-state index contributed by atoms with van der Waals surface area (Å²) < 4.78 is 0. The van der Waals surface area contributed by atoms with E-state index in [2.05, 4.69) is 22.0 Å². The van der Waals surface area contributed by atoms with Gasteiger partial charge in [0.15, 0.2) is 0 Å². The Kier molecular flexibility index (Phi) is 5.16. The molecule has 2 aliphatic heterocycles. The van der Waals surface area contributed by atoms with E-state index < -0.39 is 0 Å². The number of hydrogen-bond acceptors (Lipinski definition) is 3. The van der Waals surface area contributed by atoms with Crippen LogP contribution in [0.15, 0.2) is 24.3 Å². The van der Waals surface area contributed by atoms with Crippen LogP contribution in [0.3, 0.4) is 0 Å². The van der Waals surface area contributed by atoms with Crippen LogP contribution in [0.4, 0.5) is 0 Å². The van der Waals surface area contributed by atoms with Crippen molar-refractivity contribution in [2.75, 3.05) is 45.8 Å². The molecule has 0 bridgehead atoms. The van der Waals surface area contributed by atoms with E-state index in [1.54, 1.807) is 0 Å². The Morgan fingerprint density at radius 1 is 0.926 bits per heavy atom. The summed E-state index contributed by atoms with van der Waals surface area (Å²) in [6, 6.07) is 8.10. The van der Waals surface area contributed by atoms with E-state index in [4.69, 9.17) is 0 Å². The van der Waals surface area contributed by atoms with E-state index >= 15 is 0 Å². The fourth-order valence-electron chi connectivity index (χ4n) is 4.07. The van der Waals surface area contributed by atoms with Crippen molar-refractivity contribution in [2.45, 2.75) is 26.2 Å². The molecule has 0 radical (unpaired) electrons. The Morgan fingerprint density at radius 2 is 1.67 bits per heavy atom. The first-order valence-corrected chi connectivity index (χ1v) is 9.99. The third-order valence-electron chi connectivity index (χ3n) is 5.74. The number of likely N-dealkylation sites (tertiary alicyclic amines) is 1. The molecule has 3 heterocycles. The molecule has 6 nitrogen and oxygen atoms in total. The first-order valence-electron chi connectivity index (χ1n) is 9.99. The van der Waals surface area contributed by atoms with E-state index in [1.165, 1.54) is 12.0 Å². The lowest BCUT2D eigenvalue weighted by molar-refractivity contribution is -0.133. The summed E-state index contributed by atoms with van der Waals surface area (Å²) in [6.07, 6.45) is 3.48. The largest absolute Gasteiger partial charge is 0.351 e. The molecule has 2 aliphatic rings. The van der Waals surface area contributed by atoms with Crippen LogP contribution in [0.5, 0.6) is 0 Å². The summed E-state index contributed by atoms with van der Waals surface area (Å²) in [5.74, 6) is 0.284. The molecule has 2 amide bonds. The number of aryl methyl sites for hydroxylation is 1. The molecule has 2 saturated heterocycles. The predicted molar refractivity (Wildman–Crippen MR) is 106 cm³/mol. The van der Waals surface area contributed by atoms with Crippen LogP contribution < -0.4 is 0 Å². The number of nitrogens with zero attached hydrogens (tertiary/aromatic N) is 3. The number of rotatable bonds is 3. The quantitative estimate of drug-likeness (QED) is 0.904. The van der Waals surface area contributed by atoms with Gasteiger partial charge in [-0.25, -0.2) is 0 Å². The number of H-pyrrole nitrogens is 1. The van der Waals surface area contributed by atoms with Gasteiger partial charge in [-0.3, -0.25) is 14.5 Å². The number of nitrogens with one attached hydrogen (secondary N) is 1. The Labute approximate surface area is 160 Å². The highest BCUT2D eigenvalue weighted by Crippen LogP contribution is 2.19. The molecule has 2 aromatic rings. The summed E-state index contributed by atoms with van der Waals surface area (Å²) in [5, 5.41) is 1.06. The number of fused-ring (bicyclic) bond motifs is 1. The maximum absolute atomic E-state index is 12.8. The van der Waals surface area contributed by atoms with Crippen LogP contribution in [0.1, 0.15) is 35.3 Å². The van der Waals surface area contributed by atoms with Gasteiger partial charge in [0.2, 0.25) is 5.91 Å². The van der Waals surface area contributed by atoms with Gasteiger partial charge in [-0.1, -0.05) is 12.1 Å². The number of benzene rings is 1. The SMILES string of the molecule is Cc1ccc2cc(C(=O)N3CCN(CC(=O)N4CCCCC4)CC3)[nH]c2c1. The first kappa shape index (κ1) is 18.0. The van der Waals surface area contributed by atoms with Crippen molar-refractivity contribution in [3.8, 4) is 0 Å². The molecule has 0 spiro atoms. The molecule has 1 aromatic carbocycles. The Hall–Kier alpha value is -2.34. The van der Waals surface area contributed by atoms with Crippen molar-refractivity contribution in [3.63, 3.8) is 0 Å². The van der Waals surface area contributed by atoms with Gasteiger partial charge in [0, 0.05) is 50.2 Å². The molecule has 0 unspecified atom stereocenters.